The highest BCUT2D eigenvalue weighted by atomic mass is 19.3. The summed E-state index contributed by atoms with van der Waals surface area (Å²) in [6, 6.07) is 10.6. The highest BCUT2D eigenvalue weighted by molar-refractivity contribution is 5.97. The molecule has 1 heterocycles. The van der Waals surface area contributed by atoms with Crippen molar-refractivity contribution in [1.82, 2.24) is 9.97 Å². The molecule has 1 aromatic heterocycles. The number of fused-ring (bicyclic) bond motifs is 1. The minimum atomic E-state index is -2.90. The van der Waals surface area contributed by atoms with E-state index in [1.165, 1.54) is 24.3 Å². The lowest BCUT2D eigenvalue weighted by Gasteiger charge is -2.07. The minimum absolute atomic E-state index is 0.00410. The van der Waals surface area contributed by atoms with Crippen molar-refractivity contribution >= 4 is 16.8 Å². The van der Waals surface area contributed by atoms with Gasteiger partial charge in [-0.3, -0.25) is 14.8 Å². The van der Waals surface area contributed by atoms with E-state index in [0.717, 1.165) is 5.52 Å². The Bertz CT molecular complexity index is 854. The van der Waals surface area contributed by atoms with Crippen molar-refractivity contribution in [2.45, 2.75) is 6.61 Å². The number of Topliss-reactive ketones (excluding diaryl/α,β-unsaturated/α-hetero) is 1. The maximum atomic E-state index is 12.1. The zero-order valence-corrected chi connectivity index (χ0v) is 12.4. The number of hydrogen-bond donors (Lipinski definition) is 0. The first-order valence-corrected chi connectivity index (χ1v) is 7.03. The van der Waals surface area contributed by atoms with Crippen LogP contribution >= 0.6 is 0 Å². The quantitative estimate of drug-likeness (QED) is 0.648. The first-order valence-electron chi connectivity index (χ1n) is 7.03. The predicted octanol–water partition coefficient (Wildman–Crippen LogP) is 3.49. The summed E-state index contributed by atoms with van der Waals surface area (Å²) in [5.74, 6) is 0.211. The van der Waals surface area contributed by atoms with Crippen molar-refractivity contribution in [3.8, 4) is 11.5 Å². The summed E-state index contributed by atoms with van der Waals surface area (Å²) in [5, 5.41) is 0. The van der Waals surface area contributed by atoms with Crippen molar-refractivity contribution in [2.24, 2.45) is 0 Å². The Hall–Kier alpha value is -3.09. The van der Waals surface area contributed by atoms with Gasteiger partial charge in [0.2, 0.25) is 0 Å². The van der Waals surface area contributed by atoms with Crippen molar-refractivity contribution < 1.29 is 23.0 Å². The fourth-order valence-electron chi connectivity index (χ4n) is 2.09. The van der Waals surface area contributed by atoms with Gasteiger partial charge in [-0.25, -0.2) is 0 Å². The van der Waals surface area contributed by atoms with E-state index in [1.807, 2.05) is 0 Å². The summed E-state index contributed by atoms with van der Waals surface area (Å²) in [7, 11) is 0. The molecule has 0 aliphatic heterocycles. The van der Waals surface area contributed by atoms with Crippen LogP contribution in [0, 0.1) is 0 Å². The van der Waals surface area contributed by atoms with Gasteiger partial charge in [-0.2, -0.15) is 8.78 Å². The number of halogens is 2. The third-order valence-corrected chi connectivity index (χ3v) is 3.21. The molecule has 3 aromatic rings. The molecule has 5 nitrogen and oxygen atoms in total. The Morgan fingerprint density at radius 1 is 0.958 bits per heavy atom. The molecule has 24 heavy (non-hydrogen) atoms. The number of ether oxygens (including phenoxy) is 2. The van der Waals surface area contributed by atoms with Gasteiger partial charge in [0.15, 0.2) is 12.4 Å². The van der Waals surface area contributed by atoms with Gasteiger partial charge in [-0.1, -0.05) is 0 Å². The Labute approximate surface area is 135 Å². The van der Waals surface area contributed by atoms with Gasteiger partial charge in [0.05, 0.1) is 11.0 Å². The molecule has 0 saturated carbocycles. The van der Waals surface area contributed by atoms with Gasteiger partial charge >= 0.3 is 6.61 Å². The van der Waals surface area contributed by atoms with Crippen LogP contribution in [0.1, 0.15) is 10.4 Å². The lowest BCUT2D eigenvalue weighted by Crippen LogP contribution is -2.11. The molecular formula is C17H12F2N2O3. The largest absolute Gasteiger partial charge is 0.485 e. The molecule has 122 valence electrons. The van der Waals surface area contributed by atoms with Crippen molar-refractivity contribution in [2.75, 3.05) is 6.61 Å². The van der Waals surface area contributed by atoms with Crippen molar-refractivity contribution in [3.05, 3.63) is 60.4 Å². The molecule has 0 spiro atoms. The van der Waals surface area contributed by atoms with E-state index in [1.54, 1.807) is 30.6 Å². The van der Waals surface area contributed by atoms with Gasteiger partial charge in [0.1, 0.15) is 11.5 Å². The number of carbonyl (C=O) groups excluding carboxylic acids is 1. The first-order chi connectivity index (χ1) is 11.6. The first kappa shape index (κ1) is 15.8. The number of ketones is 1. The molecular weight excluding hydrogens is 318 g/mol. The summed E-state index contributed by atoms with van der Waals surface area (Å²) >= 11 is 0. The summed E-state index contributed by atoms with van der Waals surface area (Å²) in [5.41, 5.74) is 1.74. The fourth-order valence-corrected chi connectivity index (χ4v) is 2.09. The van der Waals surface area contributed by atoms with Gasteiger partial charge in [-0.05, 0) is 36.4 Å². The predicted molar refractivity (Wildman–Crippen MR) is 82.4 cm³/mol. The molecule has 0 fully saturated rings. The molecule has 0 amide bonds. The highest BCUT2D eigenvalue weighted by Gasteiger charge is 2.09. The minimum Gasteiger partial charge on any atom is -0.485 e. The Balaban J connectivity index is 1.63. The second kappa shape index (κ2) is 6.99. The van der Waals surface area contributed by atoms with E-state index in [0.29, 0.717) is 16.8 Å². The van der Waals surface area contributed by atoms with Crippen LogP contribution in [-0.2, 0) is 0 Å². The fraction of sp³-hybridized carbons (Fsp3) is 0.118. The Morgan fingerprint density at radius 3 is 2.33 bits per heavy atom. The average Bonchev–Trinajstić information content (AvgIpc) is 2.59. The molecule has 0 atom stereocenters. The number of alkyl halides is 2. The maximum absolute atomic E-state index is 12.1. The smallest absolute Gasteiger partial charge is 0.387 e. The van der Waals surface area contributed by atoms with Crippen LogP contribution in [0.15, 0.2) is 54.9 Å². The summed E-state index contributed by atoms with van der Waals surface area (Å²) in [6.07, 6.45) is 3.16. The Morgan fingerprint density at radius 2 is 1.62 bits per heavy atom. The zero-order valence-electron chi connectivity index (χ0n) is 12.4. The zero-order chi connectivity index (χ0) is 16.9. The van der Waals surface area contributed by atoms with Crippen LogP contribution in [-0.4, -0.2) is 29.0 Å². The number of benzene rings is 2. The van der Waals surface area contributed by atoms with Crippen LogP contribution in [0.3, 0.4) is 0 Å². The highest BCUT2D eigenvalue weighted by Crippen LogP contribution is 2.18. The van der Waals surface area contributed by atoms with Gasteiger partial charge in [0, 0.05) is 24.0 Å². The number of nitrogens with zero attached hydrogens (tertiary/aromatic N) is 2. The lowest BCUT2D eigenvalue weighted by atomic mass is 10.1. The van der Waals surface area contributed by atoms with Gasteiger partial charge < -0.3 is 9.47 Å². The molecule has 0 bridgehead atoms. The molecule has 0 N–H and O–H groups in total. The third-order valence-electron chi connectivity index (χ3n) is 3.21. The third kappa shape index (κ3) is 3.81. The molecule has 2 aromatic carbocycles. The standard InChI is InChI=1S/C17H12F2N2O3/c18-17(19)24-12-3-1-11(2-4-12)16(22)10-23-13-5-6-14-15(9-13)21-8-7-20-14/h1-9,17H,10H2. The number of rotatable bonds is 6. The second-order valence-electron chi connectivity index (χ2n) is 4.82. The molecule has 0 unspecified atom stereocenters. The monoisotopic (exact) mass is 330 g/mol. The summed E-state index contributed by atoms with van der Waals surface area (Å²) in [6.45, 7) is -3.08. The van der Waals surface area contributed by atoms with E-state index in [4.69, 9.17) is 4.74 Å². The summed E-state index contributed by atoms with van der Waals surface area (Å²) in [4.78, 5) is 20.4. The van der Waals surface area contributed by atoms with Crippen molar-refractivity contribution in [3.63, 3.8) is 0 Å². The molecule has 0 saturated heterocycles. The van der Waals surface area contributed by atoms with Gasteiger partial charge in [0.25, 0.3) is 0 Å². The maximum Gasteiger partial charge on any atom is 0.387 e. The molecule has 0 aliphatic rings. The van der Waals surface area contributed by atoms with Crippen LogP contribution in [0.2, 0.25) is 0 Å². The average molecular weight is 330 g/mol. The van der Waals surface area contributed by atoms with Crippen LogP contribution in [0.25, 0.3) is 11.0 Å². The van der Waals surface area contributed by atoms with E-state index < -0.39 is 6.61 Å². The van der Waals surface area contributed by atoms with Crippen molar-refractivity contribution in [1.29, 1.82) is 0 Å². The normalized spacial score (nSPS) is 10.8. The van der Waals surface area contributed by atoms with E-state index in [2.05, 4.69) is 14.7 Å². The lowest BCUT2D eigenvalue weighted by molar-refractivity contribution is -0.0498. The SMILES string of the molecule is O=C(COc1ccc2nccnc2c1)c1ccc(OC(F)F)cc1. The van der Waals surface area contributed by atoms with E-state index in [9.17, 15) is 13.6 Å². The molecule has 0 aliphatic carbocycles. The number of carbonyl (C=O) groups is 1. The molecule has 7 heteroatoms. The summed E-state index contributed by atoms with van der Waals surface area (Å²) < 4.78 is 33.8. The van der Waals surface area contributed by atoms with E-state index >= 15 is 0 Å². The van der Waals surface area contributed by atoms with Crippen LogP contribution in [0.5, 0.6) is 11.5 Å². The number of aromatic nitrogens is 2. The van der Waals surface area contributed by atoms with Gasteiger partial charge in [-0.15, -0.1) is 0 Å². The van der Waals surface area contributed by atoms with E-state index in [-0.39, 0.29) is 18.1 Å². The van der Waals surface area contributed by atoms with Crippen LogP contribution in [0.4, 0.5) is 8.78 Å². The molecule has 3 rings (SSSR count). The molecule has 0 radical (unpaired) electrons. The Kier molecular flexibility index (Phi) is 4.60. The van der Waals surface area contributed by atoms with Crippen LogP contribution < -0.4 is 9.47 Å². The topological polar surface area (TPSA) is 61.3 Å². The number of hydrogen-bond acceptors (Lipinski definition) is 5. The second-order valence-corrected chi connectivity index (χ2v) is 4.82.